The van der Waals surface area contributed by atoms with Crippen LogP contribution in [0.25, 0.3) is 10.9 Å². The number of hydrogen-bond acceptors (Lipinski definition) is 6. The molecule has 0 aliphatic carbocycles. The van der Waals surface area contributed by atoms with Gasteiger partial charge in [-0.25, -0.2) is 0 Å². The number of nitrogens with zero attached hydrogens (tertiary/aromatic N) is 3. The Labute approximate surface area is 223 Å². The maximum atomic E-state index is 12.8. The van der Waals surface area contributed by atoms with Crippen molar-refractivity contribution in [3.05, 3.63) is 94.3 Å². The average molecular weight is 514 g/mol. The molecule has 0 bridgehead atoms. The number of benzene rings is 3. The molecule has 0 unspecified atom stereocenters. The van der Waals surface area contributed by atoms with Gasteiger partial charge in [0.05, 0.1) is 33.4 Å². The number of fused-ring (bicyclic) bond motifs is 1. The normalized spacial score (nSPS) is 14.0. The van der Waals surface area contributed by atoms with Crippen molar-refractivity contribution in [3.63, 3.8) is 0 Å². The van der Waals surface area contributed by atoms with Gasteiger partial charge in [0.25, 0.3) is 5.56 Å². The molecule has 0 amide bonds. The lowest BCUT2D eigenvalue weighted by atomic mass is 10.1. The van der Waals surface area contributed by atoms with Gasteiger partial charge in [0.15, 0.2) is 0 Å². The van der Waals surface area contributed by atoms with Crippen LogP contribution in [-0.4, -0.2) is 63.5 Å². The number of ether oxygens (including phenoxy) is 3. The van der Waals surface area contributed by atoms with Crippen LogP contribution in [0.1, 0.15) is 11.1 Å². The van der Waals surface area contributed by atoms with Gasteiger partial charge < -0.3 is 23.7 Å². The lowest BCUT2D eigenvalue weighted by Gasteiger charge is -2.36. The Morgan fingerprint density at radius 1 is 0.684 bits per heavy atom. The predicted molar refractivity (Wildman–Crippen MR) is 152 cm³/mol. The number of aromatic nitrogens is 1. The highest BCUT2D eigenvalue weighted by atomic mass is 16.5. The smallest absolute Gasteiger partial charge is 0.251 e. The highest BCUT2D eigenvalue weighted by Crippen LogP contribution is 2.27. The summed E-state index contributed by atoms with van der Waals surface area (Å²) in [5.74, 6) is 2.47. The minimum absolute atomic E-state index is 0.0301. The molecule has 0 saturated carbocycles. The van der Waals surface area contributed by atoms with E-state index in [-0.39, 0.29) is 5.56 Å². The fourth-order valence-corrected chi connectivity index (χ4v) is 5.10. The zero-order valence-corrected chi connectivity index (χ0v) is 22.4. The first-order valence-corrected chi connectivity index (χ1v) is 13.0. The van der Waals surface area contributed by atoms with E-state index in [1.54, 1.807) is 27.4 Å². The highest BCUT2D eigenvalue weighted by molar-refractivity contribution is 5.80. The number of anilines is 1. The van der Waals surface area contributed by atoms with Gasteiger partial charge in [-0.15, -0.1) is 0 Å². The van der Waals surface area contributed by atoms with E-state index in [1.165, 1.54) is 5.56 Å². The first-order valence-electron chi connectivity index (χ1n) is 13.0. The van der Waals surface area contributed by atoms with Crippen LogP contribution in [0.5, 0.6) is 17.2 Å². The molecular weight excluding hydrogens is 478 g/mol. The van der Waals surface area contributed by atoms with Crippen molar-refractivity contribution in [1.29, 1.82) is 0 Å². The zero-order valence-electron chi connectivity index (χ0n) is 22.4. The lowest BCUT2D eigenvalue weighted by Crippen LogP contribution is -2.47. The van der Waals surface area contributed by atoms with E-state index in [9.17, 15) is 4.79 Å². The molecule has 38 heavy (non-hydrogen) atoms. The van der Waals surface area contributed by atoms with Gasteiger partial charge in [0.2, 0.25) is 0 Å². The van der Waals surface area contributed by atoms with Crippen molar-refractivity contribution in [2.24, 2.45) is 0 Å². The third-order valence-corrected chi connectivity index (χ3v) is 7.34. The molecule has 0 spiro atoms. The summed E-state index contributed by atoms with van der Waals surface area (Å²) in [5, 5.41) is 0.970. The molecule has 1 aromatic heterocycles. The summed E-state index contributed by atoms with van der Waals surface area (Å²) in [7, 11) is 5.03. The summed E-state index contributed by atoms with van der Waals surface area (Å²) in [4.78, 5) is 17.8. The average Bonchev–Trinajstić information content (AvgIpc) is 2.97. The third-order valence-electron chi connectivity index (χ3n) is 7.34. The van der Waals surface area contributed by atoms with E-state index in [0.29, 0.717) is 6.54 Å². The monoisotopic (exact) mass is 513 g/mol. The van der Waals surface area contributed by atoms with Gasteiger partial charge in [-0.2, -0.15) is 0 Å². The Hall–Kier alpha value is -3.97. The molecule has 3 aromatic carbocycles. The quantitative estimate of drug-likeness (QED) is 0.330. The number of piperazine rings is 1. The number of pyridine rings is 1. The molecule has 1 fully saturated rings. The summed E-state index contributed by atoms with van der Waals surface area (Å²) < 4.78 is 18.1. The topological polar surface area (TPSA) is 56.2 Å². The Morgan fingerprint density at radius 3 is 2.11 bits per heavy atom. The van der Waals surface area contributed by atoms with Crippen LogP contribution in [-0.2, 0) is 13.0 Å². The van der Waals surface area contributed by atoms with Crippen LogP contribution in [0.15, 0.2) is 77.6 Å². The van der Waals surface area contributed by atoms with Crippen LogP contribution in [0.2, 0.25) is 0 Å². The van der Waals surface area contributed by atoms with Gasteiger partial charge in [0, 0.05) is 55.9 Å². The van der Waals surface area contributed by atoms with Crippen molar-refractivity contribution >= 4 is 16.6 Å². The zero-order chi connectivity index (χ0) is 26.5. The van der Waals surface area contributed by atoms with E-state index in [2.05, 4.69) is 34.1 Å². The predicted octanol–water partition coefficient (Wildman–Crippen LogP) is 4.44. The minimum Gasteiger partial charge on any atom is -0.497 e. The van der Waals surface area contributed by atoms with Crippen LogP contribution in [0, 0.1) is 0 Å². The summed E-state index contributed by atoms with van der Waals surface area (Å²) >= 11 is 0. The molecule has 0 N–H and O–H groups in total. The molecule has 7 nitrogen and oxygen atoms in total. The summed E-state index contributed by atoms with van der Waals surface area (Å²) in [6.07, 6.45) is 1.03. The van der Waals surface area contributed by atoms with Gasteiger partial charge in [-0.3, -0.25) is 9.69 Å². The van der Waals surface area contributed by atoms with Crippen molar-refractivity contribution in [1.82, 2.24) is 9.47 Å². The van der Waals surface area contributed by atoms with E-state index in [0.717, 1.165) is 78.5 Å². The molecule has 1 aliphatic heterocycles. The van der Waals surface area contributed by atoms with Crippen LogP contribution in [0.3, 0.4) is 0 Å². The van der Waals surface area contributed by atoms with E-state index in [4.69, 9.17) is 14.2 Å². The molecule has 2 heterocycles. The fraction of sp³-hybridized carbons (Fsp3) is 0.323. The molecule has 1 saturated heterocycles. The number of methoxy groups -OCH3 is 3. The first-order chi connectivity index (χ1) is 18.6. The highest BCUT2D eigenvalue weighted by Gasteiger charge is 2.18. The SMILES string of the molecule is COc1ccc(CCN2CCN(c3cc(Cn4c(=O)ccc5cc(OC)ccc54)cc(OC)c3)CC2)cc1. The fourth-order valence-electron chi connectivity index (χ4n) is 5.10. The third kappa shape index (κ3) is 5.78. The van der Waals surface area contributed by atoms with Crippen LogP contribution >= 0.6 is 0 Å². The second-order valence-electron chi connectivity index (χ2n) is 9.65. The van der Waals surface area contributed by atoms with Crippen LogP contribution in [0.4, 0.5) is 5.69 Å². The molecule has 7 heteroatoms. The number of rotatable bonds is 9. The molecule has 198 valence electrons. The first kappa shape index (κ1) is 25.7. The maximum Gasteiger partial charge on any atom is 0.251 e. The minimum atomic E-state index is -0.0301. The largest absolute Gasteiger partial charge is 0.497 e. The summed E-state index contributed by atoms with van der Waals surface area (Å²) in [5.41, 5.74) is 4.34. The molecule has 5 rings (SSSR count). The Bertz CT molecular complexity index is 1440. The van der Waals surface area contributed by atoms with Crippen molar-refractivity contribution in [2.45, 2.75) is 13.0 Å². The van der Waals surface area contributed by atoms with Crippen molar-refractivity contribution in [3.8, 4) is 17.2 Å². The van der Waals surface area contributed by atoms with Crippen molar-refractivity contribution in [2.75, 3.05) is 59.0 Å². The van der Waals surface area contributed by atoms with Crippen molar-refractivity contribution < 1.29 is 14.2 Å². The Kier molecular flexibility index (Phi) is 7.84. The summed E-state index contributed by atoms with van der Waals surface area (Å²) in [6, 6.07) is 23.9. The van der Waals surface area contributed by atoms with Gasteiger partial charge in [0.1, 0.15) is 17.2 Å². The molecular formula is C31H35N3O4. The standard InChI is InChI=1S/C31H35N3O4/c1-36-27-7-4-23(5-8-27)12-13-32-14-16-33(17-15-32)26-18-24(19-29(21-26)38-3)22-34-30-10-9-28(37-2)20-25(30)6-11-31(34)35/h4-11,18-21H,12-17,22H2,1-3H3. The Morgan fingerprint density at radius 2 is 1.39 bits per heavy atom. The second-order valence-corrected chi connectivity index (χ2v) is 9.65. The Balaban J connectivity index is 1.28. The van der Waals surface area contributed by atoms with E-state index in [1.807, 2.05) is 47.0 Å². The van der Waals surface area contributed by atoms with Gasteiger partial charge in [-0.1, -0.05) is 12.1 Å². The summed E-state index contributed by atoms with van der Waals surface area (Å²) in [6.45, 7) is 5.42. The van der Waals surface area contributed by atoms with E-state index < -0.39 is 0 Å². The maximum absolute atomic E-state index is 12.8. The number of hydrogen-bond donors (Lipinski definition) is 0. The molecule has 4 aromatic rings. The lowest BCUT2D eigenvalue weighted by molar-refractivity contribution is 0.261. The van der Waals surface area contributed by atoms with Crippen LogP contribution < -0.4 is 24.7 Å². The second kappa shape index (κ2) is 11.6. The van der Waals surface area contributed by atoms with Gasteiger partial charge >= 0.3 is 0 Å². The molecule has 1 aliphatic rings. The molecule has 0 radical (unpaired) electrons. The van der Waals surface area contributed by atoms with Gasteiger partial charge in [-0.05, 0) is 66.1 Å². The van der Waals surface area contributed by atoms with E-state index >= 15 is 0 Å². The molecule has 0 atom stereocenters.